The summed E-state index contributed by atoms with van der Waals surface area (Å²) < 4.78 is 42.9. The lowest BCUT2D eigenvalue weighted by molar-refractivity contribution is -0.175. The fourth-order valence-corrected chi connectivity index (χ4v) is 0.378. The number of hydrogen-bond acceptors (Lipinski definition) is 2. The summed E-state index contributed by atoms with van der Waals surface area (Å²) in [4.78, 5) is 0. The van der Waals surface area contributed by atoms with Gasteiger partial charge in [-0.05, 0) is 0 Å². The molecule has 0 aromatic heterocycles. The summed E-state index contributed by atoms with van der Waals surface area (Å²) in [5, 5.41) is 0. The Morgan fingerprint density at radius 1 is 1.27 bits per heavy atom. The van der Waals surface area contributed by atoms with E-state index in [9.17, 15) is 13.2 Å². The Kier molecular flexibility index (Phi) is 4.69. The van der Waals surface area contributed by atoms with E-state index in [0.29, 0.717) is 0 Å². The van der Waals surface area contributed by atoms with E-state index in [1.54, 1.807) is 0 Å². The number of alkyl halides is 3. The SMILES string of the molecule is C=COCCOCC(F)(F)F. The smallest absolute Gasteiger partial charge is 0.411 e. The second kappa shape index (κ2) is 5.01. The number of rotatable bonds is 5. The van der Waals surface area contributed by atoms with Crippen molar-refractivity contribution in [1.82, 2.24) is 0 Å². The van der Waals surface area contributed by atoms with Gasteiger partial charge in [0.15, 0.2) is 0 Å². The molecule has 0 aliphatic carbocycles. The van der Waals surface area contributed by atoms with Gasteiger partial charge >= 0.3 is 6.18 Å². The van der Waals surface area contributed by atoms with Gasteiger partial charge in [0.1, 0.15) is 13.2 Å². The third-order valence-electron chi connectivity index (χ3n) is 0.729. The van der Waals surface area contributed by atoms with Crippen LogP contribution in [0.3, 0.4) is 0 Å². The fourth-order valence-electron chi connectivity index (χ4n) is 0.378. The summed E-state index contributed by atoms with van der Waals surface area (Å²) in [5.74, 6) is 0. The zero-order valence-corrected chi connectivity index (χ0v) is 5.86. The largest absolute Gasteiger partial charge is 0.499 e. The molecule has 0 spiro atoms. The Morgan fingerprint density at radius 2 is 1.91 bits per heavy atom. The van der Waals surface area contributed by atoms with Crippen molar-refractivity contribution in [3.8, 4) is 0 Å². The van der Waals surface area contributed by atoms with Gasteiger partial charge in [0.25, 0.3) is 0 Å². The molecule has 0 radical (unpaired) electrons. The van der Waals surface area contributed by atoms with Crippen LogP contribution >= 0.6 is 0 Å². The van der Waals surface area contributed by atoms with E-state index < -0.39 is 12.8 Å². The Morgan fingerprint density at radius 3 is 2.36 bits per heavy atom. The van der Waals surface area contributed by atoms with E-state index in [1.807, 2.05) is 0 Å². The van der Waals surface area contributed by atoms with Crippen molar-refractivity contribution in [3.63, 3.8) is 0 Å². The first-order chi connectivity index (χ1) is 5.06. The van der Waals surface area contributed by atoms with Crippen LogP contribution in [0.1, 0.15) is 0 Å². The molecule has 0 saturated heterocycles. The molecule has 0 heterocycles. The Hall–Kier alpha value is -0.710. The van der Waals surface area contributed by atoms with Crippen LogP contribution in [0.2, 0.25) is 0 Å². The highest BCUT2D eigenvalue weighted by atomic mass is 19.4. The zero-order valence-electron chi connectivity index (χ0n) is 5.86. The Labute approximate surface area is 62.6 Å². The molecule has 0 amide bonds. The first kappa shape index (κ1) is 10.3. The topological polar surface area (TPSA) is 18.5 Å². The van der Waals surface area contributed by atoms with Gasteiger partial charge < -0.3 is 9.47 Å². The van der Waals surface area contributed by atoms with Crippen LogP contribution in [0, 0.1) is 0 Å². The van der Waals surface area contributed by atoms with Crippen molar-refractivity contribution in [2.75, 3.05) is 19.8 Å². The van der Waals surface area contributed by atoms with Crippen molar-refractivity contribution in [2.45, 2.75) is 6.18 Å². The normalized spacial score (nSPS) is 11.2. The molecule has 0 atom stereocenters. The Bertz CT molecular complexity index is 111. The van der Waals surface area contributed by atoms with E-state index >= 15 is 0 Å². The molecular formula is C6H9F3O2. The van der Waals surface area contributed by atoms with E-state index in [4.69, 9.17) is 0 Å². The molecule has 66 valence electrons. The van der Waals surface area contributed by atoms with Gasteiger partial charge in [0.2, 0.25) is 0 Å². The average Bonchev–Trinajstić information content (AvgIpc) is 1.85. The molecular weight excluding hydrogens is 161 g/mol. The average molecular weight is 170 g/mol. The van der Waals surface area contributed by atoms with Crippen molar-refractivity contribution in [1.29, 1.82) is 0 Å². The number of hydrogen-bond donors (Lipinski definition) is 0. The molecule has 0 aliphatic rings. The molecule has 0 rings (SSSR count). The third-order valence-corrected chi connectivity index (χ3v) is 0.729. The summed E-state index contributed by atoms with van der Waals surface area (Å²) in [6.07, 6.45) is -3.11. The van der Waals surface area contributed by atoms with E-state index in [-0.39, 0.29) is 13.2 Å². The second-order valence-electron chi connectivity index (χ2n) is 1.71. The van der Waals surface area contributed by atoms with E-state index in [2.05, 4.69) is 16.1 Å². The lowest BCUT2D eigenvalue weighted by atomic mass is 10.7. The molecule has 0 saturated carbocycles. The summed E-state index contributed by atoms with van der Waals surface area (Å²) >= 11 is 0. The van der Waals surface area contributed by atoms with Crippen LogP contribution in [0.5, 0.6) is 0 Å². The van der Waals surface area contributed by atoms with Crippen molar-refractivity contribution in [2.24, 2.45) is 0 Å². The first-order valence-corrected chi connectivity index (χ1v) is 2.93. The van der Waals surface area contributed by atoms with Crippen molar-refractivity contribution >= 4 is 0 Å². The van der Waals surface area contributed by atoms with Gasteiger partial charge in [-0.15, -0.1) is 0 Å². The van der Waals surface area contributed by atoms with E-state index in [1.165, 1.54) is 0 Å². The van der Waals surface area contributed by atoms with Crippen LogP contribution in [-0.4, -0.2) is 26.0 Å². The molecule has 0 aliphatic heterocycles. The maximum absolute atomic E-state index is 11.4. The minimum Gasteiger partial charge on any atom is -0.499 e. The highest BCUT2D eigenvalue weighted by Crippen LogP contribution is 2.13. The van der Waals surface area contributed by atoms with Crippen LogP contribution in [0.15, 0.2) is 12.8 Å². The predicted molar refractivity (Wildman–Crippen MR) is 33.0 cm³/mol. The van der Waals surface area contributed by atoms with Gasteiger partial charge in [-0.25, -0.2) is 0 Å². The summed E-state index contributed by atoms with van der Waals surface area (Å²) in [7, 11) is 0. The minimum atomic E-state index is -4.26. The van der Waals surface area contributed by atoms with Crippen molar-refractivity contribution < 1.29 is 22.6 Å². The van der Waals surface area contributed by atoms with Gasteiger partial charge in [-0.2, -0.15) is 13.2 Å². The van der Waals surface area contributed by atoms with Crippen LogP contribution < -0.4 is 0 Å². The van der Waals surface area contributed by atoms with Gasteiger partial charge in [0.05, 0.1) is 12.9 Å². The maximum atomic E-state index is 11.4. The van der Waals surface area contributed by atoms with Gasteiger partial charge in [0, 0.05) is 0 Å². The standard InChI is InChI=1S/C6H9F3O2/c1-2-10-3-4-11-5-6(7,8)9/h2H,1,3-5H2. The highest BCUT2D eigenvalue weighted by Gasteiger charge is 2.27. The monoisotopic (exact) mass is 170 g/mol. The molecule has 0 bridgehead atoms. The first-order valence-electron chi connectivity index (χ1n) is 2.93. The summed E-state index contributed by atoms with van der Waals surface area (Å²) in [6, 6.07) is 0. The Balaban J connectivity index is 3.08. The predicted octanol–water partition coefficient (Wildman–Crippen LogP) is 1.73. The number of ether oxygens (including phenoxy) is 2. The summed E-state index contributed by atoms with van der Waals surface area (Å²) in [6.45, 7) is 2.00. The van der Waals surface area contributed by atoms with Crippen LogP contribution in [0.4, 0.5) is 13.2 Å². The second-order valence-corrected chi connectivity index (χ2v) is 1.71. The molecule has 0 aromatic rings. The number of halogens is 3. The third kappa shape index (κ3) is 9.29. The lowest BCUT2D eigenvalue weighted by Crippen LogP contribution is -2.18. The van der Waals surface area contributed by atoms with Crippen LogP contribution in [-0.2, 0) is 9.47 Å². The fraction of sp³-hybridized carbons (Fsp3) is 0.667. The zero-order chi connectivity index (χ0) is 8.74. The molecule has 5 heteroatoms. The van der Waals surface area contributed by atoms with E-state index in [0.717, 1.165) is 6.26 Å². The quantitative estimate of drug-likeness (QED) is 0.462. The molecule has 11 heavy (non-hydrogen) atoms. The molecule has 2 nitrogen and oxygen atoms in total. The molecule has 0 N–H and O–H groups in total. The minimum absolute atomic E-state index is 0.0778. The highest BCUT2D eigenvalue weighted by molar-refractivity contribution is 4.49. The molecule has 0 aromatic carbocycles. The summed E-state index contributed by atoms with van der Waals surface area (Å²) in [5.41, 5.74) is 0. The lowest BCUT2D eigenvalue weighted by Gasteiger charge is -2.06. The van der Waals surface area contributed by atoms with Gasteiger partial charge in [-0.3, -0.25) is 0 Å². The molecule has 0 fully saturated rings. The molecule has 0 unspecified atom stereocenters. The van der Waals surface area contributed by atoms with Crippen LogP contribution in [0.25, 0.3) is 0 Å². The van der Waals surface area contributed by atoms with Gasteiger partial charge in [-0.1, -0.05) is 6.58 Å². The van der Waals surface area contributed by atoms with Crippen molar-refractivity contribution in [3.05, 3.63) is 12.8 Å². The maximum Gasteiger partial charge on any atom is 0.411 e.